The summed E-state index contributed by atoms with van der Waals surface area (Å²) in [6.45, 7) is 0.483. The number of hydrogen-bond donors (Lipinski definition) is 1. The first-order valence-electron chi connectivity index (χ1n) is 9.24. The molecule has 2 amide bonds. The quantitative estimate of drug-likeness (QED) is 0.674. The molecule has 160 valence electrons. The number of rotatable bonds is 7. The predicted molar refractivity (Wildman–Crippen MR) is 119 cm³/mol. The maximum Gasteiger partial charge on any atom is 0.241 e. The van der Waals surface area contributed by atoms with Gasteiger partial charge in [0.25, 0.3) is 0 Å². The van der Waals surface area contributed by atoms with Crippen LogP contribution in [0.15, 0.2) is 42.5 Å². The molecule has 3 rings (SSSR count). The average molecular weight is 470 g/mol. The summed E-state index contributed by atoms with van der Waals surface area (Å²) in [7, 11) is -3.72. The highest BCUT2D eigenvalue weighted by molar-refractivity contribution is 7.92. The summed E-state index contributed by atoms with van der Waals surface area (Å²) in [6, 6.07) is 11.7. The number of carbonyl (C=O) groups is 2. The summed E-state index contributed by atoms with van der Waals surface area (Å²) in [5.74, 6) is -0.393. The second-order valence-electron chi connectivity index (χ2n) is 6.96. The molecule has 0 aromatic heterocycles. The Labute approximate surface area is 185 Å². The van der Waals surface area contributed by atoms with Crippen molar-refractivity contribution < 1.29 is 18.0 Å². The van der Waals surface area contributed by atoms with Crippen molar-refractivity contribution in [3.63, 3.8) is 0 Å². The van der Waals surface area contributed by atoms with E-state index in [1.54, 1.807) is 4.90 Å². The van der Waals surface area contributed by atoms with Gasteiger partial charge in [0, 0.05) is 25.2 Å². The van der Waals surface area contributed by atoms with Crippen molar-refractivity contribution in [3.05, 3.63) is 58.1 Å². The van der Waals surface area contributed by atoms with Crippen LogP contribution in [0.5, 0.6) is 0 Å². The van der Waals surface area contributed by atoms with E-state index in [0.29, 0.717) is 13.0 Å². The summed E-state index contributed by atoms with van der Waals surface area (Å²) in [6.07, 6.45) is 2.38. The fourth-order valence-corrected chi connectivity index (χ4v) is 4.32. The maximum atomic E-state index is 12.5. The van der Waals surface area contributed by atoms with Crippen molar-refractivity contribution in [1.29, 1.82) is 0 Å². The fraction of sp³-hybridized carbons (Fsp3) is 0.300. The Hall–Kier alpha value is -2.29. The van der Waals surface area contributed by atoms with Gasteiger partial charge in [-0.2, -0.15) is 0 Å². The summed E-state index contributed by atoms with van der Waals surface area (Å²) in [4.78, 5) is 26.1. The van der Waals surface area contributed by atoms with Gasteiger partial charge >= 0.3 is 0 Å². The Morgan fingerprint density at radius 3 is 2.57 bits per heavy atom. The number of nitrogens with zero attached hydrogens (tertiary/aromatic N) is 2. The minimum Gasteiger partial charge on any atom is -0.350 e. The molecule has 1 aliphatic heterocycles. The van der Waals surface area contributed by atoms with E-state index in [1.807, 2.05) is 24.3 Å². The highest BCUT2D eigenvalue weighted by Crippen LogP contribution is 2.28. The van der Waals surface area contributed by atoms with Gasteiger partial charge in [-0.25, -0.2) is 8.42 Å². The Bertz CT molecular complexity index is 1080. The number of amides is 2. The largest absolute Gasteiger partial charge is 0.350 e. The standard InChI is InChI=1S/C20H21Cl2N3O4S/c1-30(28,29)25(16-7-8-17(21)18(22)11-16)13-19(26)23-12-14-4-2-5-15(10-14)24-9-3-6-20(24)27/h2,4-5,7-8,10-11H,3,6,9,12-13H2,1H3,(H,23,26). The van der Waals surface area contributed by atoms with Gasteiger partial charge in [0.15, 0.2) is 0 Å². The van der Waals surface area contributed by atoms with Gasteiger partial charge in [-0.05, 0) is 42.3 Å². The number of carbonyl (C=O) groups excluding carboxylic acids is 2. The van der Waals surface area contributed by atoms with Crippen molar-refractivity contribution >= 4 is 56.4 Å². The monoisotopic (exact) mass is 469 g/mol. The van der Waals surface area contributed by atoms with E-state index < -0.39 is 22.5 Å². The van der Waals surface area contributed by atoms with Crippen LogP contribution in [-0.4, -0.2) is 39.6 Å². The van der Waals surface area contributed by atoms with Crippen LogP contribution in [0.25, 0.3) is 0 Å². The van der Waals surface area contributed by atoms with Gasteiger partial charge in [-0.3, -0.25) is 13.9 Å². The first-order valence-corrected chi connectivity index (χ1v) is 11.8. The van der Waals surface area contributed by atoms with Crippen molar-refractivity contribution in [2.75, 3.05) is 28.6 Å². The lowest BCUT2D eigenvalue weighted by Gasteiger charge is -2.22. The fourth-order valence-electron chi connectivity index (χ4n) is 3.18. The molecule has 0 bridgehead atoms. The normalized spacial score (nSPS) is 14.1. The first kappa shape index (κ1) is 22.4. The molecule has 0 unspecified atom stereocenters. The third kappa shape index (κ3) is 5.44. The van der Waals surface area contributed by atoms with Crippen molar-refractivity contribution in [2.24, 2.45) is 0 Å². The summed E-state index contributed by atoms with van der Waals surface area (Å²) in [5.41, 5.74) is 1.84. The van der Waals surface area contributed by atoms with E-state index in [1.165, 1.54) is 18.2 Å². The molecule has 1 N–H and O–H groups in total. The van der Waals surface area contributed by atoms with E-state index in [2.05, 4.69) is 5.32 Å². The van der Waals surface area contributed by atoms with Gasteiger partial charge in [-0.15, -0.1) is 0 Å². The molecule has 0 aliphatic carbocycles. The molecule has 7 nitrogen and oxygen atoms in total. The van der Waals surface area contributed by atoms with Gasteiger partial charge in [0.05, 0.1) is 22.0 Å². The van der Waals surface area contributed by atoms with Gasteiger partial charge in [0.1, 0.15) is 6.54 Å². The third-order valence-corrected chi connectivity index (χ3v) is 6.54. The molecule has 0 spiro atoms. The Morgan fingerprint density at radius 2 is 1.93 bits per heavy atom. The van der Waals surface area contributed by atoms with E-state index >= 15 is 0 Å². The maximum absolute atomic E-state index is 12.5. The van der Waals surface area contributed by atoms with Gasteiger partial charge in [0.2, 0.25) is 21.8 Å². The zero-order valence-electron chi connectivity index (χ0n) is 16.3. The Morgan fingerprint density at radius 1 is 1.17 bits per heavy atom. The van der Waals surface area contributed by atoms with Gasteiger partial charge in [-0.1, -0.05) is 35.3 Å². The second kappa shape index (κ2) is 9.24. The average Bonchev–Trinajstić information content (AvgIpc) is 3.12. The molecule has 1 fully saturated rings. The predicted octanol–water partition coefficient (Wildman–Crippen LogP) is 3.20. The summed E-state index contributed by atoms with van der Waals surface area (Å²) in [5, 5.41) is 3.20. The molecule has 2 aromatic carbocycles. The highest BCUT2D eigenvalue weighted by atomic mass is 35.5. The van der Waals surface area contributed by atoms with Crippen molar-refractivity contribution in [3.8, 4) is 0 Å². The van der Waals surface area contributed by atoms with Crippen LogP contribution in [0, 0.1) is 0 Å². The minimum atomic E-state index is -3.72. The Balaban J connectivity index is 1.68. The van der Waals surface area contributed by atoms with Crippen molar-refractivity contribution in [1.82, 2.24) is 5.32 Å². The first-order chi connectivity index (χ1) is 14.1. The van der Waals surface area contributed by atoms with E-state index in [-0.39, 0.29) is 28.2 Å². The lowest BCUT2D eigenvalue weighted by molar-refractivity contribution is -0.120. The molecule has 30 heavy (non-hydrogen) atoms. The van der Waals surface area contributed by atoms with E-state index in [0.717, 1.165) is 28.2 Å². The van der Waals surface area contributed by atoms with Crippen LogP contribution in [0.1, 0.15) is 18.4 Å². The number of anilines is 2. The second-order valence-corrected chi connectivity index (χ2v) is 9.68. The molecule has 1 heterocycles. The number of halogens is 2. The lowest BCUT2D eigenvalue weighted by Crippen LogP contribution is -2.40. The zero-order chi connectivity index (χ0) is 21.9. The van der Waals surface area contributed by atoms with Crippen LogP contribution in [0.3, 0.4) is 0 Å². The Kier molecular flexibility index (Phi) is 6.90. The molecule has 0 saturated carbocycles. The smallest absolute Gasteiger partial charge is 0.241 e. The number of benzene rings is 2. The van der Waals surface area contributed by atoms with Crippen LogP contribution in [0.2, 0.25) is 10.0 Å². The van der Waals surface area contributed by atoms with Gasteiger partial charge < -0.3 is 10.2 Å². The molecule has 1 aliphatic rings. The minimum absolute atomic E-state index is 0.0848. The number of hydrogen-bond acceptors (Lipinski definition) is 4. The van der Waals surface area contributed by atoms with Crippen LogP contribution < -0.4 is 14.5 Å². The number of sulfonamides is 1. The number of nitrogens with one attached hydrogen (secondary N) is 1. The van der Waals surface area contributed by atoms with E-state index in [9.17, 15) is 18.0 Å². The van der Waals surface area contributed by atoms with Crippen LogP contribution in [0.4, 0.5) is 11.4 Å². The van der Waals surface area contributed by atoms with Crippen LogP contribution >= 0.6 is 23.2 Å². The van der Waals surface area contributed by atoms with Crippen molar-refractivity contribution in [2.45, 2.75) is 19.4 Å². The molecule has 0 radical (unpaired) electrons. The zero-order valence-corrected chi connectivity index (χ0v) is 18.6. The lowest BCUT2D eigenvalue weighted by atomic mass is 10.2. The molecule has 2 aromatic rings. The molecular weight excluding hydrogens is 449 g/mol. The topological polar surface area (TPSA) is 86.8 Å². The summed E-state index contributed by atoms with van der Waals surface area (Å²) >= 11 is 11.9. The summed E-state index contributed by atoms with van der Waals surface area (Å²) < 4.78 is 25.3. The van der Waals surface area contributed by atoms with Crippen LogP contribution in [-0.2, 0) is 26.2 Å². The molecule has 1 saturated heterocycles. The molecule has 0 atom stereocenters. The molecular formula is C20H21Cl2N3O4S. The third-order valence-electron chi connectivity index (χ3n) is 4.66. The van der Waals surface area contributed by atoms with E-state index in [4.69, 9.17) is 23.2 Å². The SMILES string of the molecule is CS(=O)(=O)N(CC(=O)NCc1cccc(N2CCCC2=O)c1)c1ccc(Cl)c(Cl)c1. The highest BCUT2D eigenvalue weighted by Gasteiger charge is 2.23. The molecule has 10 heteroatoms.